The summed E-state index contributed by atoms with van der Waals surface area (Å²) in [5.74, 6) is -1.09. The van der Waals surface area contributed by atoms with Crippen LogP contribution in [0.25, 0.3) is 0 Å². The highest BCUT2D eigenvalue weighted by Gasteiger charge is 2.11. The molecule has 0 fully saturated rings. The normalized spacial score (nSPS) is 10.5. The third-order valence-corrected chi connectivity index (χ3v) is 4.14. The first-order valence-corrected chi connectivity index (χ1v) is 6.94. The molecule has 7 heteroatoms. The maximum absolute atomic E-state index is 11.0. The summed E-state index contributed by atoms with van der Waals surface area (Å²) >= 11 is 18.7. The predicted molar refractivity (Wildman–Crippen MR) is 76.8 cm³/mol. The van der Waals surface area contributed by atoms with E-state index in [9.17, 15) is 4.79 Å². The molecule has 3 nitrogen and oxygen atoms in total. The first kappa shape index (κ1) is 14.5. The number of nitrogens with zero attached hydrogens (tertiary/aromatic N) is 1. The van der Waals surface area contributed by atoms with E-state index in [1.807, 2.05) is 0 Å². The average molecular weight is 335 g/mol. The standard InChI is InChI=1S/C12H6Cl3NO2S/c13-8-2-1-6(3-9(8)14)19-11-4-7(12(17)18)10(15)5-16-11/h1-5H,(H,17,18). The van der Waals surface area contributed by atoms with Crippen molar-refractivity contribution in [3.63, 3.8) is 0 Å². The van der Waals surface area contributed by atoms with Gasteiger partial charge < -0.3 is 5.11 Å². The Labute approximate surface area is 128 Å². The van der Waals surface area contributed by atoms with Gasteiger partial charge in [0.05, 0.1) is 20.6 Å². The molecule has 0 radical (unpaired) electrons. The maximum atomic E-state index is 11.0. The average Bonchev–Trinajstić information content (AvgIpc) is 2.36. The number of pyridine rings is 1. The van der Waals surface area contributed by atoms with Gasteiger partial charge in [0.2, 0.25) is 0 Å². The third-order valence-electron chi connectivity index (χ3n) is 2.17. The van der Waals surface area contributed by atoms with Crippen LogP contribution in [0.5, 0.6) is 0 Å². The molecular formula is C12H6Cl3NO2S. The van der Waals surface area contributed by atoms with Crippen LogP contribution in [0.3, 0.4) is 0 Å². The van der Waals surface area contributed by atoms with E-state index in [0.29, 0.717) is 15.1 Å². The van der Waals surface area contributed by atoms with Gasteiger partial charge in [-0.3, -0.25) is 0 Å². The molecule has 0 bridgehead atoms. The molecule has 0 unspecified atom stereocenters. The number of benzene rings is 1. The molecule has 0 amide bonds. The maximum Gasteiger partial charge on any atom is 0.337 e. The molecule has 98 valence electrons. The molecule has 1 aromatic carbocycles. The fourth-order valence-corrected chi connectivity index (χ4v) is 2.68. The van der Waals surface area contributed by atoms with Gasteiger partial charge in [-0.05, 0) is 24.3 Å². The van der Waals surface area contributed by atoms with Gasteiger partial charge in [0.1, 0.15) is 5.03 Å². The van der Waals surface area contributed by atoms with Crippen LogP contribution in [-0.2, 0) is 0 Å². The summed E-state index contributed by atoms with van der Waals surface area (Å²) < 4.78 is 0. The van der Waals surface area contributed by atoms with Gasteiger partial charge in [-0.1, -0.05) is 46.6 Å². The molecule has 0 saturated carbocycles. The highest BCUT2D eigenvalue weighted by molar-refractivity contribution is 7.99. The second-order valence-corrected chi connectivity index (χ2v) is 5.80. The van der Waals surface area contributed by atoms with Crippen LogP contribution >= 0.6 is 46.6 Å². The molecular weight excluding hydrogens is 329 g/mol. The number of carboxylic acids is 1. The Kier molecular flexibility index (Phi) is 4.58. The number of hydrogen-bond donors (Lipinski definition) is 1. The van der Waals surface area contributed by atoms with E-state index in [0.717, 1.165) is 4.90 Å². The monoisotopic (exact) mass is 333 g/mol. The molecule has 1 N–H and O–H groups in total. The van der Waals surface area contributed by atoms with Crippen LogP contribution in [0.2, 0.25) is 15.1 Å². The van der Waals surface area contributed by atoms with E-state index >= 15 is 0 Å². The van der Waals surface area contributed by atoms with Crippen LogP contribution in [0.15, 0.2) is 40.4 Å². The summed E-state index contributed by atoms with van der Waals surface area (Å²) in [7, 11) is 0. The molecule has 2 rings (SSSR count). The number of hydrogen-bond acceptors (Lipinski definition) is 3. The van der Waals surface area contributed by atoms with Gasteiger partial charge in [0.15, 0.2) is 0 Å². The van der Waals surface area contributed by atoms with Crippen molar-refractivity contribution >= 4 is 52.5 Å². The number of rotatable bonds is 3. The fourth-order valence-electron chi connectivity index (χ4n) is 1.30. The minimum absolute atomic E-state index is 0.0132. The highest BCUT2D eigenvalue weighted by Crippen LogP contribution is 2.32. The summed E-state index contributed by atoms with van der Waals surface area (Å²) in [6.07, 6.45) is 1.31. The Morgan fingerprint density at radius 1 is 1.11 bits per heavy atom. The Morgan fingerprint density at radius 2 is 1.84 bits per heavy atom. The van der Waals surface area contributed by atoms with E-state index < -0.39 is 5.97 Å². The smallest absolute Gasteiger partial charge is 0.337 e. The summed E-state index contributed by atoms with van der Waals surface area (Å²) in [5.41, 5.74) is 0.0132. The number of carboxylic acid groups (broad SMARTS) is 1. The minimum Gasteiger partial charge on any atom is -0.478 e. The first-order chi connectivity index (χ1) is 8.97. The van der Waals surface area contributed by atoms with Gasteiger partial charge in [0.25, 0.3) is 0 Å². The third kappa shape index (κ3) is 3.54. The second kappa shape index (κ2) is 6.01. The molecule has 0 saturated heterocycles. The highest BCUT2D eigenvalue weighted by atomic mass is 35.5. The van der Waals surface area contributed by atoms with Crippen molar-refractivity contribution < 1.29 is 9.90 Å². The van der Waals surface area contributed by atoms with Crippen molar-refractivity contribution in [2.45, 2.75) is 9.92 Å². The zero-order valence-corrected chi connectivity index (χ0v) is 12.3. The van der Waals surface area contributed by atoms with Crippen LogP contribution in [0, 0.1) is 0 Å². The fraction of sp³-hybridized carbons (Fsp3) is 0. The van der Waals surface area contributed by atoms with Gasteiger partial charge in [-0.15, -0.1) is 0 Å². The van der Waals surface area contributed by atoms with Gasteiger partial charge >= 0.3 is 5.97 Å². The minimum atomic E-state index is -1.09. The lowest BCUT2D eigenvalue weighted by molar-refractivity contribution is 0.0696. The number of carbonyl (C=O) groups is 1. The molecule has 1 heterocycles. The largest absolute Gasteiger partial charge is 0.478 e. The Hall–Kier alpha value is -0.940. The molecule has 0 spiro atoms. The van der Waals surface area contributed by atoms with Crippen molar-refractivity contribution in [3.05, 3.63) is 51.1 Å². The molecule has 1 aromatic heterocycles. The lowest BCUT2D eigenvalue weighted by Gasteiger charge is -2.04. The predicted octanol–water partition coefficient (Wildman–Crippen LogP) is 4.89. The number of halogens is 3. The second-order valence-electron chi connectivity index (χ2n) is 3.49. The zero-order valence-electron chi connectivity index (χ0n) is 9.23. The van der Waals surface area contributed by atoms with Crippen molar-refractivity contribution in [2.24, 2.45) is 0 Å². The van der Waals surface area contributed by atoms with E-state index in [4.69, 9.17) is 39.9 Å². The quantitative estimate of drug-likeness (QED) is 0.868. The number of aromatic carboxylic acids is 1. The molecule has 0 aliphatic carbocycles. The topological polar surface area (TPSA) is 50.2 Å². The Morgan fingerprint density at radius 3 is 2.47 bits per heavy atom. The molecule has 19 heavy (non-hydrogen) atoms. The summed E-state index contributed by atoms with van der Waals surface area (Å²) in [5, 5.41) is 10.5. The van der Waals surface area contributed by atoms with Gasteiger partial charge in [-0.2, -0.15) is 0 Å². The van der Waals surface area contributed by atoms with Crippen molar-refractivity contribution in [1.29, 1.82) is 0 Å². The van der Waals surface area contributed by atoms with Gasteiger partial charge in [-0.25, -0.2) is 9.78 Å². The summed E-state index contributed by atoms with van der Waals surface area (Å²) in [4.78, 5) is 15.8. The van der Waals surface area contributed by atoms with Crippen LogP contribution in [0.4, 0.5) is 0 Å². The number of aromatic nitrogens is 1. The van der Waals surface area contributed by atoms with E-state index in [1.165, 1.54) is 24.0 Å². The summed E-state index contributed by atoms with van der Waals surface area (Å²) in [6.45, 7) is 0. The van der Waals surface area contributed by atoms with Crippen molar-refractivity contribution in [3.8, 4) is 0 Å². The molecule has 0 aliphatic heterocycles. The van der Waals surface area contributed by atoms with E-state index in [1.54, 1.807) is 18.2 Å². The van der Waals surface area contributed by atoms with Crippen molar-refractivity contribution in [2.75, 3.05) is 0 Å². The Balaban J connectivity index is 2.30. The molecule has 0 atom stereocenters. The van der Waals surface area contributed by atoms with Crippen LogP contribution in [-0.4, -0.2) is 16.1 Å². The van der Waals surface area contributed by atoms with E-state index in [-0.39, 0.29) is 10.6 Å². The van der Waals surface area contributed by atoms with Gasteiger partial charge in [0, 0.05) is 11.1 Å². The lowest BCUT2D eigenvalue weighted by atomic mass is 10.3. The summed E-state index contributed by atoms with van der Waals surface area (Å²) in [6, 6.07) is 6.54. The van der Waals surface area contributed by atoms with Crippen LogP contribution < -0.4 is 0 Å². The van der Waals surface area contributed by atoms with Crippen LogP contribution in [0.1, 0.15) is 10.4 Å². The Bertz CT molecular complexity index is 649. The SMILES string of the molecule is O=C(O)c1cc(Sc2ccc(Cl)c(Cl)c2)ncc1Cl. The molecule has 0 aliphatic rings. The lowest BCUT2D eigenvalue weighted by Crippen LogP contribution is -1.98. The first-order valence-electron chi connectivity index (χ1n) is 4.99. The zero-order chi connectivity index (χ0) is 14.0. The van der Waals surface area contributed by atoms with Crippen molar-refractivity contribution in [1.82, 2.24) is 4.98 Å². The molecule has 2 aromatic rings. The van der Waals surface area contributed by atoms with E-state index in [2.05, 4.69) is 4.98 Å².